The molecule has 3 aromatic carbocycles. The predicted octanol–water partition coefficient (Wildman–Crippen LogP) is 5.25. The summed E-state index contributed by atoms with van der Waals surface area (Å²) < 4.78 is 29.3. The fraction of sp³-hybridized carbons (Fsp3) is 0.0476. The number of fused-ring (bicyclic) bond motifs is 1. The molecule has 2 N–H and O–H groups in total. The summed E-state index contributed by atoms with van der Waals surface area (Å²) in [5.74, 6) is 0.453. The Hall–Kier alpha value is -2.97. The summed E-state index contributed by atoms with van der Waals surface area (Å²) in [5, 5.41) is 3.15. The number of rotatable bonds is 5. The number of para-hydroxylation sites is 2. The number of sulfonamides is 1. The second-order valence-corrected chi connectivity index (χ2v) is 9.06. The van der Waals surface area contributed by atoms with Crippen molar-refractivity contribution in [2.75, 3.05) is 10.0 Å². The van der Waals surface area contributed by atoms with Gasteiger partial charge in [-0.25, -0.2) is 18.4 Å². The zero-order valence-corrected chi connectivity index (χ0v) is 17.8. The van der Waals surface area contributed by atoms with Crippen molar-refractivity contribution in [2.24, 2.45) is 0 Å². The highest BCUT2D eigenvalue weighted by molar-refractivity contribution is 9.10. The first-order chi connectivity index (χ1) is 13.9. The molecule has 29 heavy (non-hydrogen) atoms. The van der Waals surface area contributed by atoms with E-state index in [0.717, 1.165) is 15.7 Å². The van der Waals surface area contributed by atoms with Crippen LogP contribution in [0, 0.1) is 6.92 Å². The van der Waals surface area contributed by atoms with Gasteiger partial charge in [0.25, 0.3) is 10.0 Å². The summed E-state index contributed by atoms with van der Waals surface area (Å²) in [6.45, 7) is 1.90. The molecule has 6 nitrogen and oxygen atoms in total. The van der Waals surface area contributed by atoms with Gasteiger partial charge in [0.05, 0.1) is 15.9 Å². The second-order valence-electron chi connectivity index (χ2n) is 6.46. The van der Waals surface area contributed by atoms with Crippen LogP contribution in [0.2, 0.25) is 0 Å². The van der Waals surface area contributed by atoms with Crippen molar-refractivity contribution in [3.8, 4) is 0 Å². The van der Waals surface area contributed by atoms with Crippen molar-refractivity contribution in [3.63, 3.8) is 0 Å². The monoisotopic (exact) mass is 468 g/mol. The lowest BCUT2D eigenvalue weighted by molar-refractivity contribution is 0.601. The molecule has 0 fully saturated rings. The van der Waals surface area contributed by atoms with Crippen molar-refractivity contribution < 1.29 is 8.42 Å². The molecule has 8 heteroatoms. The second kappa shape index (κ2) is 7.81. The van der Waals surface area contributed by atoms with Crippen LogP contribution < -0.4 is 10.0 Å². The van der Waals surface area contributed by atoms with E-state index in [1.807, 2.05) is 49.4 Å². The van der Waals surface area contributed by atoms with E-state index < -0.39 is 10.0 Å². The number of halogens is 1. The molecule has 4 aromatic rings. The van der Waals surface area contributed by atoms with Crippen molar-refractivity contribution in [1.82, 2.24) is 9.97 Å². The molecule has 0 atom stereocenters. The van der Waals surface area contributed by atoms with Crippen LogP contribution in [0.4, 0.5) is 17.3 Å². The minimum Gasteiger partial charge on any atom is -0.337 e. The molecule has 0 aliphatic carbocycles. The maximum atomic E-state index is 12.9. The number of anilines is 3. The Bertz CT molecular complexity index is 1270. The molecule has 1 aromatic heterocycles. The van der Waals surface area contributed by atoms with Crippen molar-refractivity contribution in [1.29, 1.82) is 0 Å². The molecule has 0 aliphatic rings. The van der Waals surface area contributed by atoms with Gasteiger partial charge in [0.2, 0.25) is 0 Å². The third-order valence-corrected chi connectivity index (χ3v) is 6.12. The van der Waals surface area contributed by atoms with E-state index in [2.05, 4.69) is 35.9 Å². The molecule has 0 unspecified atom stereocenters. The Morgan fingerprint density at radius 3 is 2.00 bits per heavy atom. The van der Waals surface area contributed by atoms with Crippen LogP contribution >= 0.6 is 15.9 Å². The summed E-state index contributed by atoms with van der Waals surface area (Å²) in [5.41, 5.74) is 2.99. The van der Waals surface area contributed by atoms with Gasteiger partial charge in [-0.3, -0.25) is 4.72 Å². The van der Waals surface area contributed by atoms with Crippen LogP contribution in [0.5, 0.6) is 0 Å². The Morgan fingerprint density at radius 2 is 1.38 bits per heavy atom. The highest BCUT2D eigenvalue weighted by Gasteiger charge is 2.19. The van der Waals surface area contributed by atoms with Gasteiger partial charge in [-0.1, -0.05) is 45.8 Å². The highest BCUT2D eigenvalue weighted by Crippen LogP contribution is 2.27. The van der Waals surface area contributed by atoms with Gasteiger partial charge in [-0.15, -0.1) is 0 Å². The molecule has 4 rings (SSSR count). The summed E-state index contributed by atoms with van der Waals surface area (Å²) in [6, 6.07) is 21.4. The van der Waals surface area contributed by atoms with Crippen molar-refractivity contribution in [2.45, 2.75) is 11.8 Å². The quantitative estimate of drug-likeness (QED) is 0.418. The molecule has 0 aliphatic heterocycles. The number of aromatic nitrogens is 2. The van der Waals surface area contributed by atoms with E-state index in [1.54, 1.807) is 30.3 Å². The maximum absolute atomic E-state index is 12.9. The van der Waals surface area contributed by atoms with Gasteiger partial charge in [0.1, 0.15) is 0 Å². The summed E-state index contributed by atoms with van der Waals surface area (Å²) >= 11 is 3.40. The third-order valence-electron chi connectivity index (χ3n) is 4.24. The lowest BCUT2D eigenvalue weighted by atomic mass is 10.2. The first-order valence-corrected chi connectivity index (χ1v) is 11.1. The zero-order valence-electron chi connectivity index (χ0n) is 15.4. The molecule has 1 heterocycles. The van der Waals surface area contributed by atoms with Gasteiger partial charge >= 0.3 is 0 Å². The van der Waals surface area contributed by atoms with E-state index in [9.17, 15) is 8.42 Å². The molecule has 146 valence electrons. The zero-order chi connectivity index (χ0) is 20.4. The van der Waals surface area contributed by atoms with E-state index in [4.69, 9.17) is 0 Å². The number of nitrogens with zero attached hydrogens (tertiary/aromatic N) is 2. The lowest BCUT2D eigenvalue weighted by Crippen LogP contribution is -2.16. The van der Waals surface area contributed by atoms with Crippen LogP contribution in [-0.4, -0.2) is 18.4 Å². The number of aryl methyl sites for hydroxylation is 1. The van der Waals surface area contributed by atoms with E-state index in [1.165, 1.54) is 0 Å². The molecule has 0 radical (unpaired) electrons. The van der Waals surface area contributed by atoms with E-state index in [0.29, 0.717) is 16.9 Å². The van der Waals surface area contributed by atoms with Crippen LogP contribution in [0.15, 0.2) is 82.2 Å². The highest BCUT2D eigenvalue weighted by atomic mass is 79.9. The number of nitrogens with one attached hydrogen (secondary N) is 2. The Morgan fingerprint density at radius 1 is 0.793 bits per heavy atom. The Labute approximate surface area is 177 Å². The van der Waals surface area contributed by atoms with E-state index >= 15 is 0 Å². The SMILES string of the molecule is Cc1ccc(S(=O)(=O)Nc2nc3ccccc3nc2Nc2ccc(Br)cc2)cc1. The average Bonchev–Trinajstić information content (AvgIpc) is 2.70. The topological polar surface area (TPSA) is 84.0 Å². The summed E-state index contributed by atoms with van der Waals surface area (Å²) in [6.07, 6.45) is 0. The van der Waals surface area contributed by atoms with Gasteiger partial charge < -0.3 is 5.32 Å². The first kappa shape index (κ1) is 19.4. The largest absolute Gasteiger partial charge is 0.337 e. The normalized spacial score (nSPS) is 11.4. The fourth-order valence-electron chi connectivity index (χ4n) is 2.73. The number of benzene rings is 3. The van der Waals surface area contributed by atoms with Crippen LogP contribution in [0.3, 0.4) is 0 Å². The molecular formula is C21H17BrN4O2S. The van der Waals surface area contributed by atoms with Gasteiger partial charge in [0.15, 0.2) is 11.6 Å². The van der Waals surface area contributed by atoms with Gasteiger partial charge in [-0.05, 0) is 55.5 Å². The third kappa shape index (κ3) is 4.38. The van der Waals surface area contributed by atoms with Crippen LogP contribution in [0.1, 0.15) is 5.56 Å². The fourth-order valence-corrected chi connectivity index (χ4v) is 4.01. The smallest absolute Gasteiger partial charge is 0.263 e. The molecular weight excluding hydrogens is 452 g/mol. The molecule has 0 spiro atoms. The predicted molar refractivity (Wildman–Crippen MR) is 119 cm³/mol. The number of hydrogen-bond donors (Lipinski definition) is 2. The Kier molecular flexibility index (Phi) is 5.21. The number of hydrogen-bond acceptors (Lipinski definition) is 5. The van der Waals surface area contributed by atoms with Gasteiger partial charge in [-0.2, -0.15) is 0 Å². The molecule has 0 saturated heterocycles. The Balaban J connectivity index is 1.77. The van der Waals surface area contributed by atoms with Crippen molar-refractivity contribution in [3.05, 3.63) is 82.8 Å². The summed E-state index contributed by atoms with van der Waals surface area (Å²) in [7, 11) is -3.82. The lowest BCUT2D eigenvalue weighted by Gasteiger charge is -2.14. The minimum atomic E-state index is -3.82. The molecule has 0 amide bonds. The maximum Gasteiger partial charge on any atom is 0.263 e. The van der Waals surface area contributed by atoms with E-state index in [-0.39, 0.29) is 10.7 Å². The average molecular weight is 469 g/mol. The van der Waals surface area contributed by atoms with Gasteiger partial charge in [0, 0.05) is 10.2 Å². The molecule has 0 bridgehead atoms. The summed E-state index contributed by atoms with van der Waals surface area (Å²) in [4.78, 5) is 9.23. The standard InChI is InChI=1S/C21H17BrN4O2S/c1-14-6-12-17(13-7-14)29(27,28)26-21-20(23-16-10-8-15(22)9-11-16)24-18-4-2-3-5-19(18)25-21/h2-13H,1H3,(H,23,24)(H,25,26). The first-order valence-electron chi connectivity index (χ1n) is 8.80. The van der Waals surface area contributed by atoms with Crippen LogP contribution in [-0.2, 0) is 10.0 Å². The van der Waals surface area contributed by atoms with Crippen LogP contribution in [0.25, 0.3) is 11.0 Å². The minimum absolute atomic E-state index is 0.132. The molecule has 0 saturated carbocycles. The van der Waals surface area contributed by atoms with Crippen molar-refractivity contribution >= 4 is 54.3 Å².